The molecule has 0 aliphatic rings. The van der Waals surface area contributed by atoms with Crippen molar-refractivity contribution < 1.29 is 4.74 Å². The molecular weight excluding hydrogens is 270 g/mol. The summed E-state index contributed by atoms with van der Waals surface area (Å²) in [7, 11) is 0. The predicted molar refractivity (Wildman–Crippen MR) is 93.2 cm³/mol. The molecule has 0 radical (unpaired) electrons. The van der Waals surface area contributed by atoms with Crippen molar-refractivity contribution >= 4 is 0 Å². The van der Waals surface area contributed by atoms with Crippen LogP contribution in [0.2, 0.25) is 0 Å². The molecule has 2 aromatic rings. The Kier molecular flexibility index (Phi) is 6.98. The Morgan fingerprint density at radius 1 is 0.955 bits per heavy atom. The Bertz CT molecular complexity index is 521. The average Bonchev–Trinajstić information content (AvgIpc) is 2.59. The molecule has 2 nitrogen and oxygen atoms in total. The van der Waals surface area contributed by atoms with E-state index in [4.69, 9.17) is 4.74 Å². The first kappa shape index (κ1) is 16.6. The van der Waals surface area contributed by atoms with Gasteiger partial charge in [0.25, 0.3) is 0 Å². The maximum Gasteiger partial charge on any atom is 0.119 e. The first-order valence-electron chi connectivity index (χ1n) is 8.33. The number of hydrogen-bond donors (Lipinski definition) is 1. The third kappa shape index (κ3) is 5.19. The highest BCUT2D eigenvalue weighted by Crippen LogP contribution is 2.21. The van der Waals surface area contributed by atoms with Crippen LogP contribution in [0.25, 0.3) is 0 Å². The minimum absolute atomic E-state index is 0.440. The predicted octanol–water partition coefficient (Wildman–Crippen LogP) is 5.11. The van der Waals surface area contributed by atoms with Crippen LogP contribution in [-0.2, 0) is 6.61 Å². The number of hydrogen-bond acceptors (Lipinski definition) is 2. The van der Waals surface area contributed by atoms with Gasteiger partial charge in [0.05, 0.1) is 0 Å². The topological polar surface area (TPSA) is 21.3 Å². The fourth-order valence-corrected chi connectivity index (χ4v) is 2.49. The van der Waals surface area contributed by atoms with Crippen LogP contribution in [0.4, 0.5) is 0 Å². The Morgan fingerprint density at radius 2 is 1.68 bits per heavy atom. The van der Waals surface area contributed by atoms with Crippen molar-refractivity contribution in [3.8, 4) is 5.75 Å². The normalized spacial score (nSPS) is 12.1. The molecule has 0 heterocycles. The number of unbranched alkanes of at least 4 members (excludes halogenated alkanes) is 1. The first-order chi connectivity index (χ1) is 10.8. The van der Waals surface area contributed by atoms with Crippen molar-refractivity contribution in [2.45, 2.75) is 45.8 Å². The average molecular weight is 297 g/mol. The molecule has 0 saturated heterocycles. The highest BCUT2D eigenvalue weighted by molar-refractivity contribution is 5.29. The molecule has 1 atom stereocenters. The van der Waals surface area contributed by atoms with E-state index in [1.807, 2.05) is 18.2 Å². The molecule has 0 bridgehead atoms. The van der Waals surface area contributed by atoms with Crippen LogP contribution in [0.5, 0.6) is 5.75 Å². The summed E-state index contributed by atoms with van der Waals surface area (Å²) >= 11 is 0. The molecule has 0 fully saturated rings. The number of nitrogens with one attached hydrogen (secondary N) is 1. The number of rotatable bonds is 9. The maximum atomic E-state index is 5.84. The van der Waals surface area contributed by atoms with Gasteiger partial charge in [-0.3, -0.25) is 0 Å². The molecule has 0 unspecified atom stereocenters. The van der Waals surface area contributed by atoms with Gasteiger partial charge in [-0.1, -0.05) is 62.7 Å². The van der Waals surface area contributed by atoms with Crippen molar-refractivity contribution in [2.75, 3.05) is 6.54 Å². The summed E-state index contributed by atoms with van der Waals surface area (Å²) in [4.78, 5) is 0. The molecule has 0 aliphatic carbocycles. The van der Waals surface area contributed by atoms with Gasteiger partial charge in [-0.05, 0) is 42.6 Å². The van der Waals surface area contributed by atoms with Gasteiger partial charge in [0.15, 0.2) is 0 Å². The zero-order valence-corrected chi connectivity index (χ0v) is 13.7. The first-order valence-corrected chi connectivity index (χ1v) is 8.33. The molecule has 118 valence electrons. The zero-order valence-electron chi connectivity index (χ0n) is 13.7. The second-order valence-corrected chi connectivity index (χ2v) is 5.61. The lowest BCUT2D eigenvalue weighted by Gasteiger charge is -2.17. The van der Waals surface area contributed by atoms with E-state index in [0.29, 0.717) is 12.6 Å². The van der Waals surface area contributed by atoms with Gasteiger partial charge in [0.2, 0.25) is 0 Å². The fourth-order valence-electron chi connectivity index (χ4n) is 2.49. The van der Waals surface area contributed by atoms with Crippen LogP contribution in [0.3, 0.4) is 0 Å². The van der Waals surface area contributed by atoms with Crippen LogP contribution >= 0.6 is 0 Å². The van der Waals surface area contributed by atoms with Gasteiger partial charge in [-0.25, -0.2) is 0 Å². The Morgan fingerprint density at radius 3 is 2.32 bits per heavy atom. The van der Waals surface area contributed by atoms with E-state index in [1.54, 1.807) is 0 Å². The van der Waals surface area contributed by atoms with E-state index in [2.05, 4.69) is 55.6 Å². The highest BCUT2D eigenvalue weighted by Gasteiger charge is 2.08. The summed E-state index contributed by atoms with van der Waals surface area (Å²) in [6, 6.07) is 19.2. The molecule has 1 N–H and O–H groups in total. The summed E-state index contributed by atoms with van der Waals surface area (Å²) in [5, 5.41) is 3.62. The van der Waals surface area contributed by atoms with Crippen LogP contribution < -0.4 is 10.1 Å². The standard InChI is InChI=1S/C20H27NO/c1-3-5-15-21-20(4-2)18-11-13-19(14-12-18)22-16-17-9-7-6-8-10-17/h6-14,20-21H,3-5,15-16H2,1-2H3/t20-/m0/s1. The van der Waals surface area contributed by atoms with E-state index >= 15 is 0 Å². The molecule has 0 spiro atoms. The molecule has 0 aliphatic heterocycles. The molecule has 0 amide bonds. The van der Waals surface area contributed by atoms with Crippen molar-refractivity contribution in [1.82, 2.24) is 5.32 Å². The third-order valence-electron chi connectivity index (χ3n) is 3.86. The van der Waals surface area contributed by atoms with E-state index in [1.165, 1.54) is 24.0 Å². The lowest BCUT2D eigenvalue weighted by Crippen LogP contribution is -2.21. The highest BCUT2D eigenvalue weighted by atomic mass is 16.5. The Labute approximate surface area is 134 Å². The second kappa shape index (κ2) is 9.26. The molecule has 0 saturated carbocycles. The third-order valence-corrected chi connectivity index (χ3v) is 3.86. The van der Waals surface area contributed by atoms with Crippen molar-refractivity contribution in [3.63, 3.8) is 0 Å². The van der Waals surface area contributed by atoms with Crippen molar-refractivity contribution in [3.05, 3.63) is 65.7 Å². The van der Waals surface area contributed by atoms with Gasteiger partial charge in [-0.15, -0.1) is 0 Å². The summed E-state index contributed by atoms with van der Waals surface area (Å²) in [6.45, 7) is 6.15. The van der Waals surface area contributed by atoms with E-state index in [-0.39, 0.29) is 0 Å². The van der Waals surface area contributed by atoms with Crippen LogP contribution in [0.1, 0.15) is 50.3 Å². The summed E-state index contributed by atoms with van der Waals surface area (Å²) < 4.78 is 5.84. The number of ether oxygens (including phenoxy) is 1. The van der Waals surface area contributed by atoms with Crippen LogP contribution in [0, 0.1) is 0 Å². The minimum atomic E-state index is 0.440. The van der Waals surface area contributed by atoms with Gasteiger partial charge in [-0.2, -0.15) is 0 Å². The largest absolute Gasteiger partial charge is 0.489 e. The number of benzene rings is 2. The molecule has 2 heteroatoms. The van der Waals surface area contributed by atoms with Gasteiger partial charge < -0.3 is 10.1 Å². The molecule has 22 heavy (non-hydrogen) atoms. The van der Waals surface area contributed by atoms with Gasteiger partial charge in [0, 0.05) is 6.04 Å². The zero-order chi connectivity index (χ0) is 15.6. The summed E-state index contributed by atoms with van der Waals surface area (Å²) in [6.07, 6.45) is 3.57. The van der Waals surface area contributed by atoms with E-state index in [0.717, 1.165) is 18.7 Å². The van der Waals surface area contributed by atoms with Crippen LogP contribution in [-0.4, -0.2) is 6.54 Å². The van der Waals surface area contributed by atoms with Crippen molar-refractivity contribution in [1.29, 1.82) is 0 Å². The SMILES string of the molecule is CCCCN[C@@H](CC)c1ccc(OCc2ccccc2)cc1. The Balaban J connectivity index is 1.88. The molecule has 2 aromatic carbocycles. The summed E-state index contributed by atoms with van der Waals surface area (Å²) in [5.74, 6) is 0.927. The van der Waals surface area contributed by atoms with Crippen molar-refractivity contribution in [2.24, 2.45) is 0 Å². The Hall–Kier alpha value is -1.80. The van der Waals surface area contributed by atoms with Gasteiger partial charge >= 0.3 is 0 Å². The smallest absolute Gasteiger partial charge is 0.119 e. The fraction of sp³-hybridized carbons (Fsp3) is 0.400. The quantitative estimate of drug-likeness (QED) is 0.650. The monoisotopic (exact) mass is 297 g/mol. The lowest BCUT2D eigenvalue weighted by atomic mass is 10.0. The lowest BCUT2D eigenvalue weighted by molar-refractivity contribution is 0.306. The van der Waals surface area contributed by atoms with Crippen LogP contribution in [0.15, 0.2) is 54.6 Å². The minimum Gasteiger partial charge on any atom is -0.489 e. The van der Waals surface area contributed by atoms with Gasteiger partial charge in [0.1, 0.15) is 12.4 Å². The maximum absolute atomic E-state index is 5.84. The second-order valence-electron chi connectivity index (χ2n) is 5.61. The van der Waals surface area contributed by atoms with E-state index in [9.17, 15) is 0 Å². The molecular formula is C20H27NO. The van der Waals surface area contributed by atoms with E-state index < -0.39 is 0 Å². The molecule has 2 rings (SSSR count). The molecule has 0 aromatic heterocycles. The summed E-state index contributed by atoms with van der Waals surface area (Å²) in [5.41, 5.74) is 2.53.